The van der Waals surface area contributed by atoms with Gasteiger partial charge in [-0.25, -0.2) is 0 Å². The predicted molar refractivity (Wildman–Crippen MR) is 128 cm³/mol. The highest BCUT2D eigenvalue weighted by Gasteiger charge is 2.31. The number of carbonyl (C=O) groups is 1. The third-order valence-corrected chi connectivity index (χ3v) is 6.77. The van der Waals surface area contributed by atoms with Gasteiger partial charge in [0.15, 0.2) is 0 Å². The van der Waals surface area contributed by atoms with Gasteiger partial charge in [0.05, 0.1) is 17.9 Å². The molecule has 0 radical (unpaired) electrons. The Morgan fingerprint density at radius 3 is 2.48 bits per heavy atom. The lowest BCUT2D eigenvalue weighted by Crippen LogP contribution is -2.41. The van der Waals surface area contributed by atoms with Crippen molar-refractivity contribution >= 4 is 28.1 Å². The summed E-state index contributed by atoms with van der Waals surface area (Å²) in [5.41, 5.74) is 5.05. The van der Waals surface area contributed by atoms with Crippen LogP contribution in [-0.2, 0) is 11.2 Å². The molecule has 1 atom stereocenters. The number of nitrogens with zero attached hydrogens (tertiary/aromatic N) is 1. The maximum Gasteiger partial charge on any atom is 0.239 e. The van der Waals surface area contributed by atoms with E-state index < -0.39 is 0 Å². The summed E-state index contributed by atoms with van der Waals surface area (Å²) in [6, 6.07) is 22.6. The third kappa shape index (κ3) is 3.98. The number of nitrogens with one attached hydrogen (secondary N) is 3. The van der Waals surface area contributed by atoms with Crippen molar-refractivity contribution in [2.24, 2.45) is 0 Å². The van der Waals surface area contributed by atoms with E-state index in [-0.39, 0.29) is 12.5 Å². The third-order valence-electron chi connectivity index (χ3n) is 6.77. The Hall–Kier alpha value is -3.05. The summed E-state index contributed by atoms with van der Waals surface area (Å²) in [6.45, 7) is 2.47. The van der Waals surface area contributed by atoms with E-state index >= 15 is 0 Å². The van der Waals surface area contributed by atoms with Crippen molar-refractivity contribution in [3.8, 4) is 0 Å². The standard InChI is InChI=1S/C26H30N4O/c1-27-25(31)17-28-22-10-2-3-11-23(22)29-20-12-14-30(15-13-20)24-16-19-8-4-6-18-7-5-9-21(24)26(18)19/h2-11,20,24,28-29H,12-17H2,1H3,(H,27,31)/t24-/m1/s1. The minimum Gasteiger partial charge on any atom is -0.381 e. The molecule has 1 heterocycles. The van der Waals surface area contributed by atoms with Crippen LogP contribution in [0.15, 0.2) is 60.7 Å². The molecule has 160 valence electrons. The molecule has 0 spiro atoms. The van der Waals surface area contributed by atoms with Crippen molar-refractivity contribution in [3.63, 3.8) is 0 Å². The molecule has 0 aromatic heterocycles. The van der Waals surface area contributed by atoms with Crippen LogP contribution in [0.1, 0.15) is 30.0 Å². The lowest BCUT2D eigenvalue weighted by Gasteiger charge is -2.37. The number of piperidine rings is 1. The Morgan fingerprint density at radius 2 is 1.71 bits per heavy atom. The summed E-state index contributed by atoms with van der Waals surface area (Å²) in [4.78, 5) is 14.3. The molecule has 5 rings (SSSR count). The fourth-order valence-electron chi connectivity index (χ4n) is 5.14. The van der Waals surface area contributed by atoms with Crippen LogP contribution >= 0.6 is 0 Å². The van der Waals surface area contributed by atoms with Gasteiger partial charge >= 0.3 is 0 Å². The number of likely N-dealkylation sites (N-methyl/N-ethyl adjacent to an activating group) is 1. The second-order valence-corrected chi connectivity index (χ2v) is 8.61. The van der Waals surface area contributed by atoms with E-state index in [9.17, 15) is 4.79 Å². The maximum absolute atomic E-state index is 11.6. The fraction of sp³-hybridized carbons (Fsp3) is 0.346. The normalized spacial score (nSPS) is 18.8. The van der Waals surface area contributed by atoms with Gasteiger partial charge in [0.1, 0.15) is 0 Å². The predicted octanol–water partition coefficient (Wildman–Crippen LogP) is 4.17. The van der Waals surface area contributed by atoms with Crippen molar-refractivity contribution in [2.45, 2.75) is 31.3 Å². The number of likely N-dealkylation sites (tertiary alicyclic amines) is 1. The molecule has 3 N–H and O–H groups in total. The quantitative estimate of drug-likeness (QED) is 0.567. The molecule has 0 saturated carbocycles. The molecule has 2 aliphatic rings. The van der Waals surface area contributed by atoms with E-state index in [1.54, 1.807) is 7.05 Å². The van der Waals surface area contributed by atoms with Crippen LogP contribution in [0.4, 0.5) is 11.4 Å². The van der Waals surface area contributed by atoms with Gasteiger partial charge in [-0.1, -0.05) is 48.5 Å². The molecule has 0 unspecified atom stereocenters. The van der Waals surface area contributed by atoms with E-state index in [1.807, 2.05) is 18.2 Å². The molecule has 1 saturated heterocycles. The molecule has 31 heavy (non-hydrogen) atoms. The monoisotopic (exact) mass is 414 g/mol. The Kier molecular flexibility index (Phi) is 5.51. The van der Waals surface area contributed by atoms with Gasteiger partial charge in [-0.3, -0.25) is 9.69 Å². The van der Waals surface area contributed by atoms with Gasteiger partial charge in [0, 0.05) is 32.2 Å². The number of para-hydroxylation sites is 2. The number of hydrogen-bond acceptors (Lipinski definition) is 4. The minimum atomic E-state index is -0.0179. The molecule has 1 aliphatic carbocycles. The highest BCUT2D eigenvalue weighted by Crippen LogP contribution is 2.41. The number of benzene rings is 3. The Labute approximate surface area is 183 Å². The summed E-state index contributed by atoms with van der Waals surface area (Å²) in [5, 5.41) is 12.5. The van der Waals surface area contributed by atoms with Crippen molar-refractivity contribution in [1.82, 2.24) is 10.2 Å². The number of hydrogen-bond donors (Lipinski definition) is 3. The molecular formula is C26H30N4O. The number of anilines is 2. The van der Waals surface area contributed by atoms with Gasteiger partial charge in [0.25, 0.3) is 0 Å². The van der Waals surface area contributed by atoms with Gasteiger partial charge < -0.3 is 16.0 Å². The second-order valence-electron chi connectivity index (χ2n) is 8.61. The largest absolute Gasteiger partial charge is 0.381 e. The van der Waals surface area contributed by atoms with Crippen molar-refractivity contribution in [1.29, 1.82) is 0 Å². The van der Waals surface area contributed by atoms with E-state index in [1.165, 1.54) is 21.9 Å². The van der Waals surface area contributed by atoms with Crippen molar-refractivity contribution in [2.75, 3.05) is 37.3 Å². The highest BCUT2D eigenvalue weighted by atomic mass is 16.1. The van der Waals surface area contributed by atoms with E-state index in [0.29, 0.717) is 12.1 Å². The van der Waals surface area contributed by atoms with Crippen LogP contribution in [0.3, 0.4) is 0 Å². The molecule has 0 bridgehead atoms. The zero-order valence-electron chi connectivity index (χ0n) is 18.0. The molecule has 5 nitrogen and oxygen atoms in total. The molecule has 1 aliphatic heterocycles. The van der Waals surface area contributed by atoms with Gasteiger partial charge in [-0.2, -0.15) is 0 Å². The summed E-state index contributed by atoms with van der Waals surface area (Å²) < 4.78 is 0. The van der Waals surface area contributed by atoms with E-state index in [4.69, 9.17) is 0 Å². The Bertz CT molecular complexity index is 1080. The average molecular weight is 415 g/mol. The van der Waals surface area contributed by atoms with Crippen LogP contribution < -0.4 is 16.0 Å². The lowest BCUT2D eigenvalue weighted by atomic mass is 9.99. The van der Waals surface area contributed by atoms with Gasteiger partial charge in [0.2, 0.25) is 5.91 Å². The van der Waals surface area contributed by atoms with Crippen molar-refractivity contribution < 1.29 is 4.79 Å². The van der Waals surface area contributed by atoms with Crippen LogP contribution in [0.2, 0.25) is 0 Å². The molecule has 1 fully saturated rings. The Morgan fingerprint density at radius 1 is 0.968 bits per heavy atom. The molecule has 1 amide bonds. The zero-order chi connectivity index (χ0) is 21.2. The van der Waals surface area contributed by atoms with E-state index in [0.717, 1.165) is 43.7 Å². The minimum absolute atomic E-state index is 0.0179. The van der Waals surface area contributed by atoms with Gasteiger partial charge in [-0.15, -0.1) is 0 Å². The van der Waals surface area contributed by atoms with Crippen LogP contribution in [0.5, 0.6) is 0 Å². The number of amides is 1. The number of carbonyl (C=O) groups excluding carboxylic acids is 1. The maximum atomic E-state index is 11.6. The topological polar surface area (TPSA) is 56.4 Å². The van der Waals surface area contributed by atoms with E-state index in [2.05, 4.69) is 63.3 Å². The first kappa shape index (κ1) is 19.9. The van der Waals surface area contributed by atoms with Crippen molar-refractivity contribution in [3.05, 3.63) is 71.8 Å². The first-order chi connectivity index (χ1) is 15.2. The van der Waals surface area contributed by atoms with Gasteiger partial charge in [-0.05, 0) is 53.3 Å². The first-order valence-electron chi connectivity index (χ1n) is 11.3. The Balaban J connectivity index is 1.23. The molecule has 3 aromatic carbocycles. The zero-order valence-corrected chi connectivity index (χ0v) is 18.0. The summed E-state index contributed by atoms with van der Waals surface area (Å²) in [7, 11) is 1.66. The highest BCUT2D eigenvalue weighted by molar-refractivity contribution is 5.91. The summed E-state index contributed by atoms with van der Waals surface area (Å²) >= 11 is 0. The second kappa shape index (κ2) is 8.60. The summed E-state index contributed by atoms with van der Waals surface area (Å²) in [5.74, 6) is -0.0179. The average Bonchev–Trinajstić information content (AvgIpc) is 3.19. The SMILES string of the molecule is CNC(=O)CNc1ccccc1NC1CCN([C@@H]2Cc3cccc4cccc2c34)CC1. The molecular weight excluding hydrogens is 384 g/mol. The number of rotatable bonds is 6. The lowest BCUT2D eigenvalue weighted by molar-refractivity contribution is -0.118. The first-order valence-corrected chi connectivity index (χ1v) is 11.3. The molecule has 3 aromatic rings. The smallest absolute Gasteiger partial charge is 0.239 e. The van der Waals surface area contributed by atoms with Crippen LogP contribution in [0, 0.1) is 0 Å². The van der Waals surface area contributed by atoms with Crippen LogP contribution in [-0.4, -0.2) is 43.5 Å². The summed E-state index contributed by atoms with van der Waals surface area (Å²) in [6.07, 6.45) is 3.36. The van der Waals surface area contributed by atoms with Crippen LogP contribution in [0.25, 0.3) is 10.8 Å². The molecule has 5 heteroatoms. The fourth-order valence-corrected chi connectivity index (χ4v) is 5.14.